The normalized spacial score (nSPS) is 19.1. The van der Waals surface area contributed by atoms with E-state index < -0.39 is 11.7 Å². The minimum atomic E-state index is -0.499. The third-order valence-corrected chi connectivity index (χ3v) is 5.32. The van der Waals surface area contributed by atoms with E-state index in [1.807, 2.05) is 0 Å². The van der Waals surface area contributed by atoms with Gasteiger partial charge < -0.3 is 19.9 Å². The molecule has 2 fully saturated rings. The number of hydrogen-bond acceptors (Lipinski definition) is 6. The van der Waals surface area contributed by atoms with Crippen molar-refractivity contribution in [3.8, 4) is 0 Å². The maximum Gasteiger partial charge on any atom is 0.275 e. The van der Waals surface area contributed by atoms with Crippen LogP contribution in [-0.4, -0.2) is 50.4 Å². The smallest absolute Gasteiger partial charge is 0.275 e. The molecule has 1 aliphatic heterocycles. The first-order valence-corrected chi connectivity index (χ1v) is 9.84. The molecular formula is C20H22FN7O. The van der Waals surface area contributed by atoms with Crippen LogP contribution in [0.15, 0.2) is 30.9 Å². The number of hydrogen-bond donors (Lipinski definition) is 2. The number of aromatic nitrogens is 4. The lowest BCUT2D eigenvalue weighted by Gasteiger charge is -2.17. The van der Waals surface area contributed by atoms with Crippen molar-refractivity contribution >= 4 is 23.1 Å². The fourth-order valence-corrected chi connectivity index (χ4v) is 3.73. The second-order valence-corrected chi connectivity index (χ2v) is 7.78. The van der Waals surface area contributed by atoms with Gasteiger partial charge in [0.05, 0.1) is 23.8 Å². The number of anilines is 2. The fraction of sp³-hybridized carbons (Fsp3) is 0.400. The molecule has 0 unspecified atom stereocenters. The Morgan fingerprint density at radius 2 is 2.03 bits per heavy atom. The van der Waals surface area contributed by atoms with E-state index in [9.17, 15) is 9.18 Å². The summed E-state index contributed by atoms with van der Waals surface area (Å²) in [5, 5.41) is 6.31. The Labute approximate surface area is 167 Å². The Hall–Kier alpha value is -3.07. The van der Waals surface area contributed by atoms with E-state index in [0.717, 1.165) is 25.3 Å². The van der Waals surface area contributed by atoms with Crippen LogP contribution in [0.5, 0.6) is 0 Å². The summed E-state index contributed by atoms with van der Waals surface area (Å²) in [7, 11) is 0. The van der Waals surface area contributed by atoms with Gasteiger partial charge in [-0.2, -0.15) is 0 Å². The van der Waals surface area contributed by atoms with Gasteiger partial charge in [0, 0.05) is 43.6 Å². The lowest BCUT2D eigenvalue weighted by Crippen LogP contribution is -2.34. The molecule has 2 aliphatic rings. The topological polar surface area (TPSA) is 87.5 Å². The molecule has 1 aliphatic carbocycles. The SMILES string of the molecule is Cc1cn2cc(NC(=O)c3cnc(N4CC[C@H](NC5CC5)C4)cn3)cc(F)c2n1. The lowest BCUT2D eigenvalue weighted by atomic mass is 10.2. The van der Waals surface area contributed by atoms with Crippen LogP contribution in [0.4, 0.5) is 15.9 Å². The Bertz CT molecular complexity index is 1060. The molecule has 0 radical (unpaired) electrons. The van der Waals surface area contributed by atoms with Gasteiger partial charge in [-0.05, 0) is 26.2 Å². The molecule has 4 heterocycles. The van der Waals surface area contributed by atoms with E-state index in [2.05, 4.69) is 30.5 Å². The summed E-state index contributed by atoms with van der Waals surface area (Å²) in [5.74, 6) is -0.168. The van der Waals surface area contributed by atoms with E-state index in [1.165, 1.54) is 25.1 Å². The number of pyridine rings is 1. The second kappa shape index (κ2) is 7.07. The van der Waals surface area contributed by atoms with Gasteiger partial charge in [-0.15, -0.1) is 0 Å². The predicted molar refractivity (Wildman–Crippen MR) is 107 cm³/mol. The van der Waals surface area contributed by atoms with Crippen LogP contribution in [0, 0.1) is 12.7 Å². The Balaban J connectivity index is 1.26. The molecule has 2 N–H and O–H groups in total. The van der Waals surface area contributed by atoms with Crippen LogP contribution in [0.3, 0.4) is 0 Å². The van der Waals surface area contributed by atoms with Crippen LogP contribution in [-0.2, 0) is 0 Å². The molecule has 1 amide bonds. The third kappa shape index (κ3) is 3.77. The number of nitrogens with one attached hydrogen (secondary N) is 2. The summed E-state index contributed by atoms with van der Waals surface area (Å²) in [6.07, 6.45) is 10.0. The largest absolute Gasteiger partial charge is 0.354 e. The van der Waals surface area contributed by atoms with Crippen molar-refractivity contribution in [2.75, 3.05) is 23.3 Å². The summed E-state index contributed by atoms with van der Waals surface area (Å²) in [4.78, 5) is 27.4. The number of aryl methyl sites for hydroxylation is 1. The number of carbonyl (C=O) groups is 1. The van der Waals surface area contributed by atoms with Crippen molar-refractivity contribution in [3.05, 3.63) is 48.1 Å². The summed E-state index contributed by atoms with van der Waals surface area (Å²) >= 11 is 0. The number of nitrogens with zero attached hydrogens (tertiary/aromatic N) is 5. The quantitative estimate of drug-likeness (QED) is 0.688. The number of rotatable bonds is 5. The van der Waals surface area contributed by atoms with Crippen LogP contribution >= 0.6 is 0 Å². The van der Waals surface area contributed by atoms with Crippen LogP contribution < -0.4 is 15.5 Å². The Morgan fingerprint density at radius 1 is 1.17 bits per heavy atom. The van der Waals surface area contributed by atoms with E-state index in [0.29, 0.717) is 23.5 Å². The van der Waals surface area contributed by atoms with Gasteiger partial charge >= 0.3 is 0 Å². The van der Waals surface area contributed by atoms with Crippen molar-refractivity contribution in [2.24, 2.45) is 0 Å². The maximum atomic E-state index is 14.2. The molecule has 0 spiro atoms. The Morgan fingerprint density at radius 3 is 2.79 bits per heavy atom. The molecule has 0 aromatic carbocycles. The highest BCUT2D eigenvalue weighted by Gasteiger charge is 2.29. The molecule has 1 atom stereocenters. The van der Waals surface area contributed by atoms with E-state index >= 15 is 0 Å². The molecule has 1 saturated carbocycles. The summed E-state index contributed by atoms with van der Waals surface area (Å²) in [6.45, 7) is 3.61. The third-order valence-electron chi connectivity index (χ3n) is 5.32. The summed E-state index contributed by atoms with van der Waals surface area (Å²) < 4.78 is 15.7. The molecule has 8 nitrogen and oxygen atoms in total. The highest BCUT2D eigenvalue weighted by molar-refractivity contribution is 6.02. The zero-order chi connectivity index (χ0) is 20.0. The fourth-order valence-electron chi connectivity index (χ4n) is 3.73. The van der Waals surface area contributed by atoms with Crippen molar-refractivity contribution < 1.29 is 9.18 Å². The minimum absolute atomic E-state index is 0.183. The average molecular weight is 395 g/mol. The first kappa shape index (κ1) is 18.0. The second-order valence-electron chi connectivity index (χ2n) is 7.78. The summed E-state index contributed by atoms with van der Waals surface area (Å²) in [6, 6.07) is 2.43. The number of amides is 1. The number of halogens is 1. The molecule has 3 aromatic rings. The van der Waals surface area contributed by atoms with E-state index in [1.54, 1.807) is 29.9 Å². The van der Waals surface area contributed by atoms with Gasteiger partial charge in [-0.1, -0.05) is 0 Å². The van der Waals surface area contributed by atoms with Crippen molar-refractivity contribution in [2.45, 2.75) is 38.3 Å². The standard InChI is InChI=1S/C20H22FN7O/c1-12-9-28-11-15(6-16(21)19(28)24-12)26-20(29)17-7-23-18(8-22-17)27-5-4-14(10-27)25-13-2-3-13/h6-9,11,13-14,25H,2-5,10H2,1H3,(H,26,29)/t14-/m0/s1. The molecular weight excluding hydrogens is 373 g/mol. The molecule has 0 bridgehead atoms. The number of fused-ring (bicyclic) bond motifs is 1. The zero-order valence-electron chi connectivity index (χ0n) is 16.1. The maximum absolute atomic E-state index is 14.2. The van der Waals surface area contributed by atoms with Crippen LogP contribution in [0.25, 0.3) is 5.65 Å². The molecule has 3 aromatic heterocycles. The minimum Gasteiger partial charge on any atom is -0.354 e. The van der Waals surface area contributed by atoms with Crippen LogP contribution in [0.2, 0.25) is 0 Å². The zero-order valence-corrected chi connectivity index (χ0v) is 16.1. The highest BCUT2D eigenvalue weighted by Crippen LogP contribution is 2.24. The average Bonchev–Trinajstić information content (AvgIpc) is 3.24. The monoisotopic (exact) mass is 395 g/mol. The van der Waals surface area contributed by atoms with Gasteiger partial charge in [0.1, 0.15) is 11.5 Å². The van der Waals surface area contributed by atoms with Gasteiger partial charge in [-0.25, -0.2) is 19.3 Å². The molecule has 9 heteroatoms. The predicted octanol–water partition coefficient (Wildman–Crippen LogP) is 2.15. The lowest BCUT2D eigenvalue weighted by molar-refractivity contribution is 0.102. The van der Waals surface area contributed by atoms with E-state index in [-0.39, 0.29) is 11.3 Å². The van der Waals surface area contributed by atoms with E-state index in [4.69, 9.17) is 0 Å². The van der Waals surface area contributed by atoms with Crippen LogP contribution in [0.1, 0.15) is 35.4 Å². The number of imidazole rings is 1. The van der Waals surface area contributed by atoms with Crippen molar-refractivity contribution in [3.63, 3.8) is 0 Å². The molecule has 29 heavy (non-hydrogen) atoms. The number of carbonyl (C=O) groups excluding carboxylic acids is 1. The summed E-state index contributed by atoms with van der Waals surface area (Å²) in [5.41, 5.74) is 1.44. The highest BCUT2D eigenvalue weighted by atomic mass is 19.1. The van der Waals surface area contributed by atoms with Crippen molar-refractivity contribution in [1.29, 1.82) is 0 Å². The first-order chi connectivity index (χ1) is 14.0. The first-order valence-electron chi connectivity index (χ1n) is 9.84. The molecule has 5 rings (SSSR count). The van der Waals surface area contributed by atoms with Gasteiger partial charge in [0.15, 0.2) is 11.5 Å². The Kier molecular flexibility index (Phi) is 4.39. The van der Waals surface area contributed by atoms with Crippen molar-refractivity contribution in [1.82, 2.24) is 24.7 Å². The van der Waals surface area contributed by atoms with Gasteiger partial charge in [0.2, 0.25) is 0 Å². The molecule has 1 saturated heterocycles. The molecule has 150 valence electrons. The van der Waals surface area contributed by atoms with Gasteiger partial charge in [-0.3, -0.25) is 4.79 Å². The van der Waals surface area contributed by atoms with Gasteiger partial charge in [0.25, 0.3) is 5.91 Å².